The van der Waals surface area contributed by atoms with Crippen molar-refractivity contribution in [3.63, 3.8) is 0 Å². The molecule has 4 heterocycles. The Bertz CT molecular complexity index is 1360. The number of aromatic nitrogens is 6. The molecule has 0 amide bonds. The van der Waals surface area contributed by atoms with Crippen LogP contribution in [0.4, 0.5) is 5.82 Å². The van der Waals surface area contributed by atoms with E-state index in [4.69, 9.17) is 9.97 Å². The van der Waals surface area contributed by atoms with Crippen LogP contribution in [0.1, 0.15) is 43.8 Å². The van der Waals surface area contributed by atoms with Crippen LogP contribution >= 0.6 is 0 Å². The molecule has 0 saturated carbocycles. The molecule has 2 N–H and O–H groups in total. The molecule has 7 nitrogen and oxygen atoms in total. The number of fused-ring (bicyclic) bond motifs is 2. The number of rotatable bonds is 6. The summed E-state index contributed by atoms with van der Waals surface area (Å²) < 4.78 is 4.15. The maximum atomic E-state index is 4.93. The number of nitrogens with zero attached hydrogens (tertiary/aromatic N) is 5. The molecule has 0 aliphatic carbocycles. The zero-order valence-corrected chi connectivity index (χ0v) is 18.3. The second kappa shape index (κ2) is 7.58. The highest BCUT2D eigenvalue weighted by Crippen LogP contribution is 2.25. The molecule has 158 valence electrons. The van der Waals surface area contributed by atoms with Crippen LogP contribution in [0.15, 0.2) is 55.2 Å². The summed E-state index contributed by atoms with van der Waals surface area (Å²) >= 11 is 0. The lowest BCUT2D eigenvalue weighted by atomic mass is 10.1. The summed E-state index contributed by atoms with van der Waals surface area (Å²) in [5.41, 5.74) is 4.46. The molecule has 1 aromatic carbocycles. The van der Waals surface area contributed by atoms with Gasteiger partial charge in [0.1, 0.15) is 5.82 Å². The lowest BCUT2D eigenvalue weighted by Gasteiger charge is -2.17. The molecule has 5 aromatic rings. The number of para-hydroxylation sites is 1. The van der Waals surface area contributed by atoms with Crippen molar-refractivity contribution in [2.75, 3.05) is 5.32 Å². The quantitative estimate of drug-likeness (QED) is 0.416. The molecule has 7 heteroatoms. The highest BCUT2D eigenvalue weighted by Gasteiger charge is 2.17. The van der Waals surface area contributed by atoms with Crippen molar-refractivity contribution in [3.05, 3.63) is 72.3 Å². The van der Waals surface area contributed by atoms with E-state index in [0.29, 0.717) is 5.92 Å². The van der Waals surface area contributed by atoms with E-state index in [9.17, 15) is 0 Å². The maximum Gasteiger partial charge on any atom is 0.180 e. The zero-order valence-electron chi connectivity index (χ0n) is 18.3. The van der Waals surface area contributed by atoms with E-state index in [1.165, 1.54) is 10.9 Å². The fourth-order valence-corrected chi connectivity index (χ4v) is 4.17. The molecule has 31 heavy (non-hydrogen) atoms. The van der Waals surface area contributed by atoms with E-state index in [-0.39, 0.29) is 6.04 Å². The molecule has 0 bridgehead atoms. The average molecular weight is 414 g/mol. The third-order valence-corrected chi connectivity index (χ3v) is 5.76. The smallest absolute Gasteiger partial charge is 0.180 e. The van der Waals surface area contributed by atoms with Crippen LogP contribution in [0, 0.1) is 6.92 Å². The second-order valence-corrected chi connectivity index (χ2v) is 8.43. The van der Waals surface area contributed by atoms with Crippen LogP contribution in [0.5, 0.6) is 0 Å². The molecule has 5 rings (SSSR count). The number of hydrogen-bond donors (Lipinski definition) is 2. The van der Waals surface area contributed by atoms with Gasteiger partial charge in [-0.05, 0) is 37.8 Å². The van der Waals surface area contributed by atoms with Crippen LogP contribution in [-0.4, -0.2) is 34.9 Å². The summed E-state index contributed by atoms with van der Waals surface area (Å²) in [7, 11) is 0. The van der Waals surface area contributed by atoms with Gasteiger partial charge in [0.05, 0.1) is 6.20 Å². The Hall–Kier alpha value is -3.61. The van der Waals surface area contributed by atoms with Gasteiger partial charge in [0.25, 0.3) is 0 Å². The molecule has 0 aliphatic rings. The summed E-state index contributed by atoms with van der Waals surface area (Å²) in [4.78, 5) is 17.3. The van der Waals surface area contributed by atoms with E-state index in [0.717, 1.165) is 40.7 Å². The number of hydrogen-bond acceptors (Lipinski definition) is 4. The van der Waals surface area contributed by atoms with E-state index in [2.05, 4.69) is 70.9 Å². The van der Waals surface area contributed by atoms with Gasteiger partial charge >= 0.3 is 0 Å². The van der Waals surface area contributed by atoms with Gasteiger partial charge in [-0.1, -0.05) is 32.0 Å². The van der Waals surface area contributed by atoms with Crippen LogP contribution < -0.4 is 5.32 Å². The summed E-state index contributed by atoms with van der Waals surface area (Å²) in [5.74, 6) is 2.86. The molecular weight excluding hydrogens is 386 g/mol. The van der Waals surface area contributed by atoms with Crippen LogP contribution in [0.2, 0.25) is 0 Å². The van der Waals surface area contributed by atoms with Crippen molar-refractivity contribution in [1.82, 2.24) is 28.9 Å². The molecule has 4 aromatic heterocycles. The largest absolute Gasteiger partial charge is 0.364 e. The van der Waals surface area contributed by atoms with E-state index >= 15 is 0 Å². The Morgan fingerprint density at radius 1 is 1.13 bits per heavy atom. The third-order valence-electron chi connectivity index (χ3n) is 5.76. The number of aryl methyl sites for hydroxylation is 1. The van der Waals surface area contributed by atoms with Gasteiger partial charge in [0.2, 0.25) is 0 Å². The SMILES string of the molecule is Cc1nccn1-c1cn2c(C(C)C)cnc2c(NC(C)Cc2c[nH]c3ccccc23)n1. The first-order valence-corrected chi connectivity index (χ1v) is 10.7. The lowest BCUT2D eigenvalue weighted by Crippen LogP contribution is -2.20. The number of nitrogens with one attached hydrogen (secondary N) is 2. The predicted molar refractivity (Wildman–Crippen MR) is 124 cm³/mol. The van der Waals surface area contributed by atoms with Crippen molar-refractivity contribution < 1.29 is 0 Å². The minimum Gasteiger partial charge on any atom is -0.364 e. The Balaban J connectivity index is 1.53. The van der Waals surface area contributed by atoms with Gasteiger partial charge in [0.15, 0.2) is 17.3 Å². The normalized spacial score (nSPS) is 12.8. The van der Waals surface area contributed by atoms with Gasteiger partial charge < -0.3 is 10.3 Å². The zero-order chi connectivity index (χ0) is 21.5. The fraction of sp³-hybridized carbons (Fsp3) is 0.292. The Morgan fingerprint density at radius 3 is 2.74 bits per heavy atom. The number of benzene rings is 1. The molecule has 1 unspecified atom stereocenters. The van der Waals surface area contributed by atoms with Gasteiger partial charge in [0, 0.05) is 47.4 Å². The molecule has 0 fully saturated rings. The molecule has 0 spiro atoms. The van der Waals surface area contributed by atoms with E-state index in [1.54, 1.807) is 6.20 Å². The average Bonchev–Trinajstić information content (AvgIpc) is 3.46. The van der Waals surface area contributed by atoms with Crippen molar-refractivity contribution in [1.29, 1.82) is 0 Å². The van der Waals surface area contributed by atoms with Crippen molar-refractivity contribution in [3.8, 4) is 5.82 Å². The first-order chi connectivity index (χ1) is 15.0. The number of imidazole rings is 2. The summed E-state index contributed by atoms with van der Waals surface area (Å²) in [6.45, 7) is 8.52. The second-order valence-electron chi connectivity index (χ2n) is 8.43. The van der Waals surface area contributed by atoms with Crippen molar-refractivity contribution >= 4 is 22.4 Å². The summed E-state index contributed by atoms with van der Waals surface area (Å²) in [5, 5.41) is 4.88. The highest BCUT2D eigenvalue weighted by molar-refractivity contribution is 5.83. The molecule has 0 saturated heterocycles. The molecule has 0 radical (unpaired) electrons. The molecule has 1 atom stereocenters. The molecular formula is C24H27N7. The lowest BCUT2D eigenvalue weighted by molar-refractivity contribution is 0.778. The molecule has 0 aliphatic heterocycles. The van der Waals surface area contributed by atoms with Gasteiger partial charge in [-0.15, -0.1) is 0 Å². The monoisotopic (exact) mass is 413 g/mol. The van der Waals surface area contributed by atoms with Gasteiger partial charge in [-0.3, -0.25) is 8.97 Å². The fourth-order valence-electron chi connectivity index (χ4n) is 4.17. The topological polar surface area (TPSA) is 75.8 Å². The minimum atomic E-state index is 0.175. The number of aromatic amines is 1. The Morgan fingerprint density at radius 2 is 1.97 bits per heavy atom. The highest BCUT2D eigenvalue weighted by atomic mass is 15.2. The van der Waals surface area contributed by atoms with Crippen molar-refractivity contribution in [2.45, 2.75) is 46.1 Å². The standard InChI is InChI=1S/C24H27N7/c1-15(2)21-13-27-24-23(29-22(14-31(21)24)30-10-9-25-17(30)4)28-16(3)11-18-12-26-20-8-6-5-7-19(18)20/h5-10,12-16,26H,11H2,1-4H3,(H,28,29). The Labute approximate surface area is 181 Å². The van der Waals surface area contributed by atoms with Crippen LogP contribution in [0.3, 0.4) is 0 Å². The number of H-pyrrole nitrogens is 1. The maximum absolute atomic E-state index is 4.93. The third kappa shape index (κ3) is 3.46. The first kappa shape index (κ1) is 19.4. The first-order valence-electron chi connectivity index (χ1n) is 10.7. The summed E-state index contributed by atoms with van der Waals surface area (Å²) in [6, 6.07) is 8.58. The van der Waals surface area contributed by atoms with Crippen LogP contribution in [0.25, 0.3) is 22.4 Å². The van der Waals surface area contributed by atoms with Crippen LogP contribution in [-0.2, 0) is 6.42 Å². The van der Waals surface area contributed by atoms with E-state index in [1.807, 2.05) is 30.1 Å². The van der Waals surface area contributed by atoms with Gasteiger partial charge in [-0.2, -0.15) is 0 Å². The predicted octanol–water partition coefficient (Wildman–Crippen LogP) is 4.87. The van der Waals surface area contributed by atoms with Crippen molar-refractivity contribution in [2.24, 2.45) is 0 Å². The van der Waals surface area contributed by atoms with E-state index < -0.39 is 0 Å². The minimum absolute atomic E-state index is 0.175. The summed E-state index contributed by atoms with van der Waals surface area (Å²) in [6.07, 6.45) is 10.7. The Kier molecular flexibility index (Phi) is 4.73. The number of anilines is 1. The van der Waals surface area contributed by atoms with Gasteiger partial charge in [-0.25, -0.2) is 15.0 Å².